The van der Waals surface area contributed by atoms with Crippen LogP contribution in [0.2, 0.25) is 0 Å². The van der Waals surface area contributed by atoms with Crippen molar-refractivity contribution in [2.24, 2.45) is 5.73 Å². The Morgan fingerprint density at radius 1 is 1.19 bits per heavy atom. The van der Waals surface area contributed by atoms with E-state index in [9.17, 15) is 0 Å². The smallest absolute Gasteiger partial charge is 0.0424 e. The fourth-order valence-electron chi connectivity index (χ4n) is 2.07. The molecule has 0 amide bonds. The maximum Gasteiger partial charge on any atom is 0.0424 e. The number of nitrogens with one attached hydrogen (secondary N) is 1. The molecule has 2 nitrogen and oxygen atoms in total. The summed E-state index contributed by atoms with van der Waals surface area (Å²) in [6, 6.07) is 5.34. The molecule has 2 heteroatoms. The van der Waals surface area contributed by atoms with Crippen molar-refractivity contribution in [3.8, 4) is 0 Å². The highest BCUT2D eigenvalue weighted by molar-refractivity contribution is 5.38. The normalized spacial score (nSPS) is 17.5. The zero-order valence-corrected chi connectivity index (χ0v) is 10.5. The molecular formula is C14H22N2. The minimum absolute atomic E-state index is 0.125. The van der Waals surface area contributed by atoms with Crippen molar-refractivity contribution in [2.75, 3.05) is 6.54 Å². The molecule has 0 bridgehead atoms. The molecule has 0 radical (unpaired) electrons. The van der Waals surface area contributed by atoms with E-state index in [1.807, 2.05) is 0 Å². The zero-order chi connectivity index (χ0) is 11.7. The molecule has 0 aromatic heterocycles. The molecule has 1 aliphatic carbocycles. The van der Waals surface area contributed by atoms with E-state index in [0.717, 1.165) is 12.6 Å². The average molecular weight is 218 g/mol. The van der Waals surface area contributed by atoms with Gasteiger partial charge in [0.05, 0.1) is 0 Å². The highest BCUT2D eigenvalue weighted by Crippen LogP contribution is 2.22. The lowest BCUT2D eigenvalue weighted by atomic mass is 9.96. The van der Waals surface area contributed by atoms with Crippen molar-refractivity contribution in [1.82, 2.24) is 5.32 Å². The topological polar surface area (TPSA) is 38.0 Å². The van der Waals surface area contributed by atoms with E-state index in [1.165, 1.54) is 35.1 Å². The van der Waals surface area contributed by atoms with Crippen LogP contribution in [0.5, 0.6) is 0 Å². The van der Waals surface area contributed by atoms with Gasteiger partial charge in [-0.3, -0.25) is 0 Å². The molecule has 16 heavy (non-hydrogen) atoms. The first-order chi connectivity index (χ1) is 7.58. The van der Waals surface area contributed by atoms with E-state index in [-0.39, 0.29) is 6.04 Å². The molecule has 1 aromatic carbocycles. The summed E-state index contributed by atoms with van der Waals surface area (Å²) in [4.78, 5) is 0. The molecule has 3 N–H and O–H groups in total. The van der Waals surface area contributed by atoms with Crippen LogP contribution >= 0.6 is 0 Å². The number of hydrogen-bond acceptors (Lipinski definition) is 2. The summed E-state index contributed by atoms with van der Waals surface area (Å²) in [6.45, 7) is 7.35. The van der Waals surface area contributed by atoms with Crippen LogP contribution in [0.1, 0.15) is 41.1 Å². The third-order valence-corrected chi connectivity index (χ3v) is 3.49. The SMILES string of the molecule is Cc1cc(C)c(C(N)CNC2CC2)cc1C. The third-order valence-electron chi connectivity index (χ3n) is 3.49. The van der Waals surface area contributed by atoms with Gasteiger partial charge in [-0.2, -0.15) is 0 Å². The predicted octanol–water partition coefficient (Wildman–Crippen LogP) is 2.36. The van der Waals surface area contributed by atoms with Crippen LogP contribution in [0.15, 0.2) is 12.1 Å². The second kappa shape index (κ2) is 4.56. The molecule has 1 saturated carbocycles. The minimum Gasteiger partial charge on any atom is -0.323 e. The summed E-state index contributed by atoms with van der Waals surface area (Å²) < 4.78 is 0. The predicted molar refractivity (Wildman–Crippen MR) is 68.6 cm³/mol. The van der Waals surface area contributed by atoms with Crippen molar-refractivity contribution >= 4 is 0 Å². The van der Waals surface area contributed by atoms with E-state index in [4.69, 9.17) is 5.73 Å². The summed E-state index contributed by atoms with van der Waals surface area (Å²) in [7, 11) is 0. The Kier molecular flexibility index (Phi) is 3.31. The van der Waals surface area contributed by atoms with E-state index < -0.39 is 0 Å². The fraction of sp³-hybridized carbons (Fsp3) is 0.571. The summed E-state index contributed by atoms with van der Waals surface area (Å²) in [5, 5.41) is 3.49. The number of hydrogen-bond donors (Lipinski definition) is 2. The number of rotatable bonds is 4. The van der Waals surface area contributed by atoms with Gasteiger partial charge in [-0.05, 0) is 55.9 Å². The Hall–Kier alpha value is -0.860. The molecular weight excluding hydrogens is 196 g/mol. The molecule has 1 aliphatic rings. The molecule has 0 aliphatic heterocycles. The van der Waals surface area contributed by atoms with Gasteiger partial charge in [-0.25, -0.2) is 0 Å². The van der Waals surface area contributed by atoms with Gasteiger partial charge in [-0.15, -0.1) is 0 Å². The van der Waals surface area contributed by atoms with Crippen molar-refractivity contribution in [1.29, 1.82) is 0 Å². The molecule has 1 atom stereocenters. The monoisotopic (exact) mass is 218 g/mol. The van der Waals surface area contributed by atoms with Crippen molar-refractivity contribution < 1.29 is 0 Å². The van der Waals surface area contributed by atoms with Crippen LogP contribution in [0, 0.1) is 20.8 Å². The van der Waals surface area contributed by atoms with Gasteiger partial charge in [0.2, 0.25) is 0 Å². The van der Waals surface area contributed by atoms with Gasteiger partial charge in [0.25, 0.3) is 0 Å². The van der Waals surface area contributed by atoms with Crippen molar-refractivity contribution in [2.45, 2.75) is 45.7 Å². The fourth-order valence-corrected chi connectivity index (χ4v) is 2.07. The molecule has 1 unspecified atom stereocenters. The second-order valence-electron chi connectivity index (χ2n) is 5.08. The first kappa shape index (κ1) is 11.6. The van der Waals surface area contributed by atoms with Crippen LogP contribution in [0.4, 0.5) is 0 Å². The summed E-state index contributed by atoms with van der Waals surface area (Å²) in [5.74, 6) is 0. The van der Waals surface area contributed by atoms with E-state index in [0.29, 0.717) is 0 Å². The van der Waals surface area contributed by atoms with Crippen molar-refractivity contribution in [3.63, 3.8) is 0 Å². The summed E-state index contributed by atoms with van der Waals surface area (Å²) in [6.07, 6.45) is 2.64. The van der Waals surface area contributed by atoms with Gasteiger partial charge in [0.1, 0.15) is 0 Å². The van der Waals surface area contributed by atoms with Gasteiger partial charge >= 0.3 is 0 Å². The zero-order valence-electron chi connectivity index (χ0n) is 10.5. The van der Waals surface area contributed by atoms with Crippen LogP contribution in [-0.2, 0) is 0 Å². The number of aryl methyl sites for hydroxylation is 3. The maximum atomic E-state index is 6.23. The lowest BCUT2D eigenvalue weighted by Gasteiger charge is -2.17. The molecule has 88 valence electrons. The van der Waals surface area contributed by atoms with Gasteiger partial charge in [0.15, 0.2) is 0 Å². The standard InChI is InChI=1S/C14H22N2/c1-9-6-11(3)13(7-10(9)2)14(15)8-16-12-4-5-12/h6-7,12,14,16H,4-5,8,15H2,1-3H3. The van der Waals surface area contributed by atoms with Gasteiger partial charge in [0, 0.05) is 18.6 Å². The lowest BCUT2D eigenvalue weighted by molar-refractivity contribution is 0.593. The maximum absolute atomic E-state index is 6.23. The summed E-state index contributed by atoms with van der Waals surface area (Å²) >= 11 is 0. The van der Waals surface area contributed by atoms with Crippen LogP contribution in [0.3, 0.4) is 0 Å². The highest BCUT2D eigenvalue weighted by Gasteiger charge is 2.21. The molecule has 2 rings (SSSR count). The lowest BCUT2D eigenvalue weighted by Crippen LogP contribution is -2.29. The van der Waals surface area contributed by atoms with Crippen LogP contribution in [0.25, 0.3) is 0 Å². The van der Waals surface area contributed by atoms with Gasteiger partial charge in [-0.1, -0.05) is 12.1 Å². The van der Waals surface area contributed by atoms with Crippen molar-refractivity contribution in [3.05, 3.63) is 34.4 Å². The Bertz CT molecular complexity index is 381. The Morgan fingerprint density at radius 2 is 1.81 bits per heavy atom. The average Bonchev–Trinajstić information content (AvgIpc) is 3.03. The Labute approximate surface area is 98.2 Å². The molecule has 0 heterocycles. The molecule has 0 spiro atoms. The van der Waals surface area contributed by atoms with E-state index in [2.05, 4.69) is 38.2 Å². The van der Waals surface area contributed by atoms with E-state index >= 15 is 0 Å². The largest absolute Gasteiger partial charge is 0.323 e. The first-order valence-electron chi connectivity index (χ1n) is 6.14. The van der Waals surface area contributed by atoms with Crippen LogP contribution < -0.4 is 11.1 Å². The minimum atomic E-state index is 0.125. The quantitative estimate of drug-likeness (QED) is 0.814. The molecule has 1 fully saturated rings. The number of benzene rings is 1. The second-order valence-corrected chi connectivity index (χ2v) is 5.08. The van der Waals surface area contributed by atoms with E-state index in [1.54, 1.807) is 0 Å². The van der Waals surface area contributed by atoms with Gasteiger partial charge < -0.3 is 11.1 Å². The highest BCUT2D eigenvalue weighted by atomic mass is 15.0. The molecule has 0 saturated heterocycles. The third kappa shape index (κ3) is 2.63. The first-order valence-corrected chi connectivity index (χ1v) is 6.14. The number of nitrogens with two attached hydrogens (primary N) is 1. The molecule has 1 aromatic rings. The van der Waals surface area contributed by atoms with Crippen LogP contribution in [-0.4, -0.2) is 12.6 Å². The Morgan fingerprint density at radius 3 is 2.44 bits per heavy atom. The Balaban J connectivity index is 2.08. The summed E-state index contributed by atoms with van der Waals surface area (Å²) in [5.41, 5.74) is 11.5.